The standard InChI is InChI=1S/C8H6N2O/c1-5-2-6-7(3-8(5)11)10-4-9-6/h2-4H,1H3. The van der Waals surface area contributed by atoms with Crippen molar-refractivity contribution in [2.75, 3.05) is 0 Å². The molecular formula is C8H6N2O. The van der Waals surface area contributed by atoms with Crippen molar-refractivity contribution >= 4 is 17.8 Å². The molecule has 2 rings (SSSR count). The van der Waals surface area contributed by atoms with Crippen LogP contribution in [0, 0.1) is 0 Å². The summed E-state index contributed by atoms with van der Waals surface area (Å²) in [4.78, 5) is 18.9. The van der Waals surface area contributed by atoms with Crippen LogP contribution in [0.2, 0.25) is 0 Å². The molecule has 0 spiro atoms. The van der Waals surface area contributed by atoms with E-state index in [0.29, 0.717) is 5.70 Å². The van der Waals surface area contributed by atoms with Crippen molar-refractivity contribution < 1.29 is 4.79 Å². The van der Waals surface area contributed by atoms with E-state index in [0.717, 1.165) is 11.3 Å². The van der Waals surface area contributed by atoms with E-state index in [1.807, 2.05) is 0 Å². The molecule has 0 fully saturated rings. The Labute approximate surface area is 63.9 Å². The Morgan fingerprint density at radius 3 is 3.00 bits per heavy atom. The molecule has 0 aromatic heterocycles. The molecule has 0 aromatic carbocycles. The van der Waals surface area contributed by atoms with Crippen LogP contribution in [0.1, 0.15) is 6.92 Å². The monoisotopic (exact) mass is 146 g/mol. The molecule has 11 heavy (non-hydrogen) atoms. The highest BCUT2D eigenvalue weighted by Crippen LogP contribution is 2.15. The summed E-state index contributed by atoms with van der Waals surface area (Å²) >= 11 is 0. The molecule has 3 nitrogen and oxygen atoms in total. The molecule has 0 N–H and O–H groups in total. The first-order valence-electron chi connectivity index (χ1n) is 3.32. The van der Waals surface area contributed by atoms with E-state index in [-0.39, 0.29) is 5.78 Å². The minimum atomic E-state index is 0.0259. The highest BCUT2D eigenvalue weighted by Gasteiger charge is 2.16. The Morgan fingerprint density at radius 1 is 1.36 bits per heavy atom. The topological polar surface area (TPSA) is 41.8 Å². The lowest BCUT2D eigenvalue weighted by Gasteiger charge is -2.03. The first-order valence-corrected chi connectivity index (χ1v) is 3.32. The highest BCUT2D eigenvalue weighted by atomic mass is 16.1. The second-order valence-electron chi connectivity index (χ2n) is 2.48. The Morgan fingerprint density at radius 2 is 2.18 bits per heavy atom. The van der Waals surface area contributed by atoms with Gasteiger partial charge in [-0.05, 0) is 18.6 Å². The molecule has 0 unspecified atom stereocenters. The van der Waals surface area contributed by atoms with Gasteiger partial charge in [0.05, 0.1) is 11.4 Å². The zero-order valence-corrected chi connectivity index (χ0v) is 6.03. The zero-order valence-electron chi connectivity index (χ0n) is 6.03. The molecule has 3 heteroatoms. The lowest BCUT2D eigenvalue weighted by atomic mass is 10.0. The number of ketones is 1. The van der Waals surface area contributed by atoms with Gasteiger partial charge in [-0.2, -0.15) is 0 Å². The molecule has 1 heterocycles. The van der Waals surface area contributed by atoms with Gasteiger partial charge in [-0.25, -0.2) is 9.98 Å². The van der Waals surface area contributed by atoms with Crippen LogP contribution in [0.5, 0.6) is 0 Å². The largest absolute Gasteiger partial charge is 0.290 e. The number of carbonyl (C=O) groups is 1. The van der Waals surface area contributed by atoms with E-state index in [1.54, 1.807) is 13.0 Å². The first-order chi connectivity index (χ1) is 5.27. The van der Waals surface area contributed by atoms with Gasteiger partial charge >= 0.3 is 0 Å². The van der Waals surface area contributed by atoms with Gasteiger partial charge in [-0.3, -0.25) is 4.79 Å². The first kappa shape index (κ1) is 6.22. The number of hydrogen-bond acceptors (Lipinski definition) is 3. The van der Waals surface area contributed by atoms with Crippen LogP contribution in [-0.2, 0) is 4.79 Å². The molecule has 54 valence electrons. The second-order valence-corrected chi connectivity index (χ2v) is 2.48. The van der Waals surface area contributed by atoms with Crippen molar-refractivity contribution in [3.05, 3.63) is 23.4 Å². The Kier molecular flexibility index (Phi) is 1.12. The number of carbonyl (C=O) groups excluding carboxylic acids is 1. The Balaban J connectivity index is 2.51. The van der Waals surface area contributed by atoms with E-state index in [1.165, 1.54) is 12.4 Å². The van der Waals surface area contributed by atoms with Crippen LogP contribution in [0.4, 0.5) is 0 Å². The second kappa shape index (κ2) is 1.99. The summed E-state index contributed by atoms with van der Waals surface area (Å²) < 4.78 is 0. The lowest BCUT2D eigenvalue weighted by molar-refractivity contribution is -0.111. The lowest BCUT2D eigenvalue weighted by Crippen LogP contribution is -2.08. The number of aliphatic imine (C=N–C) groups is 2. The highest BCUT2D eigenvalue weighted by molar-refractivity contribution is 6.24. The summed E-state index contributed by atoms with van der Waals surface area (Å²) in [6, 6.07) is 0. The van der Waals surface area contributed by atoms with Gasteiger partial charge in [0.1, 0.15) is 6.34 Å². The van der Waals surface area contributed by atoms with Crippen LogP contribution in [0.15, 0.2) is 33.4 Å². The molecule has 0 amide bonds. The van der Waals surface area contributed by atoms with E-state index in [2.05, 4.69) is 9.98 Å². The van der Waals surface area contributed by atoms with Crippen LogP contribution >= 0.6 is 0 Å². The fourth-order valence-corrected chi connectivity index (χ4v) is 1.02. The van der Waals surface area contributed by atoms with Gasteiger partial charge in [-0.1, -0.05) is 0 Å². The summed E-state index contributed by atoms with van der Waals surface area (Å²) in [6.45, 7) is 1.77. The van der Waals surface area contributed by atoms with Crippen molar-refractivity contribution in [3.63, 3.8) is 0 Å². The molecule has 0 radical (unpaired) electrons. The molecule has 0 aromatic rings. The van der Waals surface area contributed by atoms with E-state index < -0.39 is 0 Å². The van der Waals surface area contributed by atoms with Gasteiger partial charge in [0.2, 0.25) is 0 Å². The smallest absolute Gasteiger partial charge is 0.183 e. The van der Waals surface area contributed by atoms with Crippen LogP contribution in [0.25, 0.3) is 0 Å². The van der Waals surface area contributed by atoms with Crippen molar-refractivity contribution in [3.8, 4) is 0 Å². The van der Waals surface area contributed by atoms with Crippen LogP contribution in [0.3, 0.4) is 0 Å². The zero-order chi connectivity index (χ0) is 7.84. The summed E-state index contributed by atoms with van der Waals surface area (Å²) in [6.07, 6.45) is 4.73. The van der Waals surface area contributed by atoms with Crippen LogP contribution in [-0.4, -0.2) is 17.8 Å². The van der Waals surface area contributed by atoms with Crippen molar-refractivity contribution in [1.82, 2.24) is 0 Å². The van der Waals surface area contributed by atoms with E-state index in [4.69, 9.17) is 0 Å². The molecule has 0 saturated heterocycles. The number of allylic oxidation sites excluding steroid dienone is 3. The average molecular weight is 146 g/mol. The molecule has 1 aliphatic heterocycles. The fourth-order valence-electron chi connectivity index (χ4n) is 1.02. The third-order valence-electron chi connectivity index (χ3n) is 1.67. The predicted octanol–water partition coefficient (Wildman–Crippen LogP) is 0.882. The van der Waals surface area contributed by atoms with Crippen molar-refractivity contribution in [2.24, 2.45) is 9.98 Å². The molecule has 1 aliphatic carbocycles. The summed E-state index contributed by atoms with van der Waals surface area (Å²) in [5.74, 6) is 0.0259. The maximum Gasteiger partial charge on any atom is 0.183 e. The molecule has 0 saturated carbocycles. The minimum Gasteiger partial charge on any atom is -0.290 e. The number of nitrogens with zero attached hydrogens (tertiary/aromatic N) is 2. The van der Waals surface area contributed by atoms with Gasteiger partial charge in [-0.15, -0.1) is 0 Å². The van der Waals surface area contributed by atoms with Crippen molar-refractivity contribution in [1.29, 1.82) is 0 Å². The van der Waals surface area contributed by atoms with E-state index in [9.17, 15) is 4.79 Å². The summed E-state index contributed by atoms with van der Waals surface area (Å²) in [5, 5.41) is 0. The SMILES string of the molecule is CC1=CC2=NC=NC2=CC1=O. The maximum absolute atomic E-state index is 11.1. The van der Waals surface area contributed by atoms with Gasteiger partial charge in [0, 0.05) is 6.08 Å². The fraction of sp³-hybridized carbons (Fsp3) is 0.125. The third kappa shape index (κ3) is 0.852. The Hall–Kier alpha value is -1.51. The van der Waals surface area contributed by atoms with Gasteiger partial charge in [0.25, 0.3) is 0 Å². The number of rotatable bonds is 0. The number of hydrogen-bond donors (Lipinski definition) is 0. The molecular weight excluding hydrogens is 140 g/mol. The van der Waals surface area contributed by atoms with E-state index >= 15 is 0 Å². The van der Waals surface area contributed by atoms with Crippen LogP contribution < -0.4 is 0 Å². The summed E-state index contributed by atoms with van der Waals surface area (Å²) in [7, 11) is 0. The average Bonchev–Trinajstić information content (AvgIpc) is 2.36. The minimum absolute atomic E-state index is 0.0259. The maximum atomic E-state index is 11.1. The molecule has 0 atom stereocenters. The normalized spacial score (nSPS) is 20.8. The van der Waals surface area contributed by atoms with Crippen molar-refractivity contribution in [2.45, 2.75) is 6.92 Å². The summed E-state index contributed by atoms with van der Waals surface area (Å²) in [5.41, 5.74) is 2.20. The molecule has 0 bridgehead atoms. The predicted molar refractivity (Wildman–Crippen MR) is 42.8 cm³/mol. The third-order valence-corrected chi connectivity index (χ3v) is 1.67. The van der Waals surface area contributed by atoms with Gasteiger partial charge in [0.15, 0.2) is 5.78 Å². The number of fused-ring (bicyclic) bond motifs is 1. The Bertz CT molecular complexity index is 345. The van der Waals surface area contributed by atoms with Gasteiger partial charge < -0.3 is 0 Å². The quantitative estimate of drug-likeness (QED) is 0.468. The molecule has 2 aliphatic rings.